The largest absolute Gasteiger partial charge is 0.349 e. The average Bonchev–Trinajstić information content (AvgIpc) is 3.12. The Balaban J connectivity index is 1.70. The van der Waals surface area contributed by atoms with Crippen LogP contribution in [-0.2, 0) is 9.59 Å². The van der Waals surface area contributed by atoms with Gasteiger partial charge in [0.25, 0.3) is 5.91 Å². The number of hydrogen-bond donors (Lipinski definition) is 2. The number of anilines is 1. The highest BCUT2D eigenvalue weighted by Gasteiger charge is 2.35. The molecule has 1 aliphatic heterocycles. The van der Waals surface area contributed by atoms with E-state index in [1.165, 1.54) is 0 Å². The number of benzene rings is 1. The molecule has 4 amide bonds. The van der Waals surface area contributed by atoms with Crippen LogP contribution in [0.15, 0.2) is 42.2 Å². The minimum atomic E-state index is -0.623. The smallest absolute Gasteiger partial charge is 0.329 e. The Bertz CT molecular complexity index is 960. The normalized spacial score (nSPS) is 15.5. The Labute approximate surface area is 168 Å². The fourth-order valence-corrected chi connectivity index (χ4v) is 3.14. The van der Waals surface area contributed by atoms with Gasteiger partial charge in [-0.15, -0.1) is 0 Å². The highest BCUT2D eigenvalue weighted by Crippen LogP contribution is 2.19. The van der Waals surface area contributed by atoms with E-state index in [4.69, 9.17) is 11.6 Å². The zero-order chi connectivity index (χ0) is 20.4. The Morgan fingerprint density at radius 1 is 1.25 bits per heavy atom. The number of hydrogen-bond acceptors (Lipinski definition) is 3. The van der Waals surface area contributed by atoms with Crippen LogP contribution < -0.4 is 10.6 Å². The molecule has 146 valence electrons. The van der Waals surface area contributed by atoms with Gasteiger partial charge in [-0.25, -0.2) is 9.69 Å². The molecule has 0 spiro atoms. The minimum absolute atomic E-state index is 0.144. The van der Waals surface area contributed by atoms with E-state index in [9.17, 15) is 14.4 Å². The molecule has 0 atom stereocenters. The number of halogens is 1. The second-order valence-electron chi connectivity index (χ2n) is 6.85. The van der Waals surface area contributed by atoms with Crippen LogP contribution in [0.1, 0.15) is 31.1 Å². The first-order chi connectivity index (χ1) is 13.2. The maximum absolute atomic E-state index is 12.5. The molecule has 0 aliphatic carbocycles. The number of aromatic nitrogens is 1. The summed E-state index contributed by atoms with van der Waals surface area (Å²) in [4.78, 5) is 37.8. The number of amides is 4. The summed E-state index contributed by atoms with van der Waals surface area (Å²) in [5.41, 5.74) is 2.54. The first-order valence-electron chi connectivity index (χ1n) is 8.83. The summed E-state index contributed by atoms with van der Waals surface area (Å²) in [6, 6.07) is 8.14. The van der Waals surface area contributed by atoms with E-state index in [-0.39, 0.29) is 18.3 Å². The van der Waals surface area contributed by atoms with Gasteiger partial charge in [0.15, 0.2) is 0 Å². The molecule has 0 bridgehead atoms. The van der Waals surface area contributed by atoms with E-state index in [0.29, 0.717) is 10.7 Å². The van der Waals surface area contributed by atoms with Gasteiger partial charge in [0, 0.05) is 28.6 Å². The van der Waals surface area contributed by atoms with Crippen molar-refractivity contribution in [2.24, 2.45) is 0 Å². The summed E-state index contributed by atoms with van der Waals surface area (Å²) < 4.78 is 2.07. The lowest BCUT2D eigenvalue weighted by Crippen LogP contribution is -2.38. The maximum Gasteiger partial charge on any atom is 0.329 e. The second kappa shape index (κ2) is 7.90. The summed E-state index contributed by atoms with van der Waals surface area (Å²) in [5, 5.41) is 5.70. The summed E-state index contributed by atoms with van der Waals surface area (Å²) in [5.74, 6) is -1.01. The molecule has 2 N–H and O–H groups in total. The SMILES string of the molecule is Cc1cc(/C=C2/NC(=O)N(CC(=O)Nc3ccc(Cl)cc3)C2=O)cn1C(C)C. The van der Waals surface area contributed by atoms with Gasteiger partial charge in [-0.2, -0.15) is 0 Å². The van der Waals surface area contributed by atoms with Crippen LogP contribution in [-0.4, -0.2) is 33.9 Å². The molecular formula is C20H21ClN4O3. The van der Waals surface area contributed by atoms with Crippen molar-refractivity contribution in [1.29, 1.82) is 0 Å². The molecule has 1 saturated heterocycles. The number of carbonyl (C=O) groups excluding carboxylic acids is 3. The molecule has 28 heavy (non-hydrogen) atoms. The summed E-state index contributed by atoms with van der Waals surface area (Å²) in [7, 11) is 0. The number of rotatable bonds is 5. The van der Waals surface area contributed by atoms with Crippen LogP contribution >= 0.6 is 11.6 Å². The monoisotopic (exact) mass is 400 g/mol. The molecule has 8 heteroatoms. The van der Waals surface area contributed by atoms with Gasteiger partial charge in [0.1, 0.15) is 12.2 Å². The molecule has 7 nitrogen and oxygen atoms in total. The molecule has 0 unspecified atom stereocenters. The molecule has 3 rings (SSSR count). The number of imide groups is 1. The van der Waals surface area contributed by atoms with Crippen molar-refractivity contribution in [3.05, 3.63) is 58.5 Å². The predicted molar refractivity (Wildman–Crippen MR) is 108 cm³/mol. The van der Waals surface area contributed by atoms with E-state index in [2.05, 4.69) is 29.0 Å². The highest BCUT2D eigenvalue weighted by atomic mass is 35.5. The van der Waals surface area contributed by atoms with E-state index in [0.717, 1.165) is 16.2 Å². The van der Waals surface area contributed by atoms with Crippen LogP contribution in [0, 0.1) is 6.92 Å². The van der Waals surface area contributed by atoms with E-state index in [1.807, 2.05) is 19.2 Å². The third-order valence-corrected chi connectivity index (χ3v) is 4.58. The molecule has 2 aromatic rings. The Morgan fingerprint density at radius 3 is 2.54 bits per heavy atom. The van der Waals surface area contributed by atoms with Crippen LogP contribution in [0.5, 0.6) is 0 Å². The van der Waals surface area contributed by atoms with Crippen molar-refractivity contribution in [3.8, 4) is 0 Å². The highest BCUT2D eigenvalue weighted by molar-refractivity contribution is 6.30. The number of carbonyl (C=O) groups is 3. The fraction of sp³-hybridized carbons (Fsp3) is 0.250. The molecule has 0 saturated carbocycles. The van der Waals surface area contributed by atoms with Crippen molar-refractivity contribution in [2.75, 3.05) is 11.9 Å². The zero-order valence-corrected chi connectivity index (χ0v) is 16.6. The molecule has 2 heterocycles. The molecule has 1 aromatic carbocycles. The van der Waals surface area contributed by atoms with Crippen molar-refractivity contribution < 1.29 is 14.4 Å². The van der Waals surface area contributed by atoms with Gasteiger partial charge in [0.05, 0.1) is 0 Å². The molecule has 0 radical (unpaired) electrons. The van der Waals surface area contributed by atoms with E-state index >= 15 is 0 Å². The fourth-order valence-electron chi connectivity index (χ4n) is 3.01. The lowest BCUT2D eigenvalue weighted by molar-refractivity contribution is -0.127. The quantitative estimate of drug-likeness (QED) is 0.594. The predicted octanol–water partition coefficient (Wildman–Crippen LogP) is 3.56. The first-order valence-corrected chi connectivity index (χ1v) is 9.21. The molecule has 1 aromatic heterocycles. The van der Waals surface area contributed by atoms with Crippen LogP contribution in [0.3, 0.4) is 0 Å². The summed E-state index contributed by atoms with van der Waals surface area (Å²) in [6.45, 7) is 5.72. The van der Waals surface area contributed by atoms with E-state index < -0.39 is 17.8 Å². The molecule has 1 aliphatic rings. The lowest BCUT2D eigenvalue weighted by Gasteiger charge is -2.11. The van der Waals surface area contributed by atoms with Gasteiger partial charge in [-0.3, -0.25) is 9.59 Å². The van der Waals surface area contributed by atoms with Crippen molar-refractivity contribution in [2.45, 2.75) is 26.8 Å². The number of nitrogens with one attached hydrogen (secondary N) is 2. The minimum Gasteiger partial charge on any atom is -0.349 e. The topological polar surface area (TPSA) is 83.4 Å². The zero-order valence-electron chi connectivity index (χ0n) is 15.8. The average molecular weight is 401 g/mol. The van der Waals surface area contributed by atoms with Crippen molar-refractivity contribution in [1.82, 2.24) is 14.8 Å². The number of urea groups is 1. The van der Waals surface area contributed by atoms with Crippen LogP contribution in [0.25, 0.3) is 6.08 Å². The van der Waals surface area contributed by atoms with Crippen molar-refractivity contribution in [3.63, 3.8) is 0 Å². The van der Waals surface area contributed by atoms with Gasteiger partial charge >= 0.3 is 6.03 Å². The standard InChI is InChI=1S/C20H21ClN4O3/c1-12(2)24-10-14(8-13(24)3)9-17-19(27)25(20(28)23-17)11-18(26)22-16-6-4-15(21)5-7-16/h4-10,12H,11H2,1-3H3,(H,22,26)(H,23,28)/b17-9+. The molecule has 1 fully saturated rings. The van der Waals surface area contributed by atoms with Gasteiger partial charge in [-0.1, -0.05) is 11.6 Å². The Kier molecular flexibility index (Phi) is 5.56. The number of nitrogens with zero attached hydrogens (tertiary/aromatic N) is 2. The Morgan fingerprint density at radius 2 is 1.93 bits per heavy atom. The van der Waals surface area contributed by atoms with Gasteiger partial charge in [0.2, 0.25) is 5.91 Å². The number of aryl methyl sites for hydroxylation is 1. The Hall–Kier alpha value is -3.06. The van der Waals surface area contributed by atoms with Crippen LogP contribution in [0.2, 0.25) is 5.02 Å². The summed E-state index contributed by atoms with van der Waals surface area (Å²) in [6.07, 6.45) is 3.53. The third-order valence-electron chi connectivity index (χ3n) is 4.33. The second-order valence-corrected chi connectivity index (χ2v) is 7.29. The first kappa shape index (κ1) is 19.7. The van der Waals surface area contributed by atoms with Gasteiger partial charge < -0.3 is 15.2 Å². The van der Waals surface area contributed by atoms with Crippen LogP contribution in [0.4, 0.5) is 10.5 Å². The van der Waals surface area contributed by atoms with Crippen molar-refractivity contribution >= 4 is 41.2 Å². The molecular weight excluding hydrogens is 380 g/mol. The van der Waals surface area contributed by atoms with E-state index in [1.54, 1.807) is 30.3 Å². The maximum atomic E-state index is 12.5. The lowest BCUT2D eigenvalue weighted by atomic mass is 10.2. The summed E-state index contributed by atoms with van der Waals surface area (Å²) >= 11 is 5.81. The third kappa shape index (κ3) is 4.26. The van der Waals surface area contributed by atoms with Gasteiger partial charge in [-0.05, 0) is 62.7 Å².